The molecule has 2 aromatic rings. The summed E-state index contributed by atoms with van der Waals surface area (Å²) in [5.74, 6) is 0. The van der Waals surface area contributed by atoms with Crippen molar-refractivity contribution in [3.05, 3.63) is 35.3 Å². The lowest BCUT2D eigenvalue weighted by Crippen LogP contribution is -2.29. The molecule has 0 aromatic carbocycles. The summed E-state index contributed by atoms with van der Waals surface area (Å²) in [6.45, 7) is 2.21. The monoisotopic (exact) mass is 269 g/mol. The maximum Gasteiger partial charge on any atom is 0.110 e. The van der Waals surface area contributed by atoms with Gasteiger partial charge in [0.05, 0.1) is 10.6 Å². The Morgan fingerprint density at radius 2 is 2.00 bits per heavy atom. The van der Waals surface area contributed by atoms with Gasteiger partial charge in [-0.1, -0.05) is 0 Å². The summed E-state index contributed by atoms with van der Waals surface area (Å²) < 4.78 is 0. The Bertz CT molecular complexity index is 606. The van der Waals surface area contributed by atoms with Crippen LogP contribution >= 0.6 is 11.3 Å². The Kier molecular flexibility index (Phi) is 3.47. The fourth-order valence-electron chi connectivity index (χ4n) is 2.50. The smallest absolute Gasteiger partial charge is 0.110 e. The minimum atomic E-state index is 0.741. The van der Waals surface area contributed by atoms with Gasteiger partial charge in [0.2, 0.25) is 0 Å². The summed E-state index contributed by atoms with van der Waals surface area (Å²) in [6.07, 6.45) is 5.66. The highest BCUT2D eigenvalue weighted by molar-refractivity contribution is 7.16. The van der Waals surface area contributed by atoms with E-state index in [1.165, 1.54) is 36.3 Å². The van der Waals surface area contributed by atoms with E-state index >= 15 is 0 Å². The van der Waals surface area contributed by atoms with E-state index in [0.29, 0.717) is 0 Å². The molecule has 0 aliphatic carbocycles. The molecule has 2 aromatic heterocycles. The Morgan fingerprint density at radius 3 is 2.74 bits per heavy atom. The van der Waals surface area contributed by atoms with Crippen LogP contribution in [-0.4, -0.2) is 18.1 Å². The van der Waals surface area contributed by atoms with Gasteiger partial charge in [0.25, 0.3) is 0 Å². The van der Waals surface area contributed by atoms with Gasteiger partial charge >= 0.3 is 0 Å². The number of pyridine rings is 1. The van der Waals surface area contributed by atoms with Crippen LogP contribution in [0.2, 0.25) is 0 Å². The van der Waals surface area contributed by atoms with Crippen molar-refractivity contribution in [1.82, 2.24) is 4.98 Å². The van der Waals surface area contributed by atoms with Gasteiger partial charge in [-0.3, -0.25) is 4.98 Å². The first-order valence-electron chi connectivity index (χ1n) is 6.59. The van der Waals surface area contributed by atoms with Crippen LogP contribution in [0.5, 0.6) is 0 Å². The lowest BCUT2D eigenvalue weighted by molar-refractivity contribution is 0.578. The standard InChI is InChI=1S/C15H15N3S/c16-11-12-6-7-14(19-12)15-13(5-4-8-17-15)18-9-2-1-3-10-18/h4-8H,1-3,9-10H2. The molecule has 19 heavy (non-hydrogen) atoms. The molecule has 0 atom stereocenters. The van der Waals surface area contributed by atoms with Gasteiger partial charge in [-0.2, -0.15) is 5.26 Å². The molecule has 0 amide bonds. The molecule has 0 bridgehead atoms. The van der Waals surface area contributed by atoms with Gasteiger partial charge < -0.3 is 4.90 Å². The zero-order valence-electron chi connectivity index (χ0n) is 10.7. The quantitative estimate of drug-likeness (QED) is 0.835. The Labute approximate surface area is 117 Å². The minimum Gasteiger partial charge on any atom is -0.370 e. The van der Waals surface area contributed by atoms with Crippen molar-refractivity contribution in [1.29, 1.82) is 5.26 Å². The van der Waals surface area contributed by atoms with Crippen LogP contribution in [0.4, 0.5) is 5.69 Å². The van der Waals surface area contributed by atoms with Gasteiger partial charge in [-0.05, 0) is 43.5 Å². The fraction of sp³-hybridized carbons (Fsp3) is 0.333. The number of thiophene rings is 1. The molecule has 3 nitrogen and oxygen atoms in total. The van der Waals surface area contributed by atoms with E-state index in [0.717, 1.165) is 28.5 Å². The Hall–Kier alpha value is -1.86. The van der Waals surface area contributed by atoms with Crippen LogP contribution in [0.15, 0.2) is 30.5 Å². The zero-order chi connectivity index (χ0) is 13.1. The third kappa shape index (κ3) is 2.47. The second-order valence-corrected chi connectivity index (χ2v) is 5.78. The minimum absolute atomic E-state index is 0.741. The van der Waals surface area contributed by atoms with Gasteiger partial charge in [0.15, 0.2) is 0 Å². The highest BCUT2D eigenvalue weighted by atomic mass is 32.1. The maximum absolute atomic E-state index is 8.95. The molecule has 0 radical (unpaired) electrons. The van der Waals surface area contributed by atoms with E-state index in [-0.39, 0.29) is 0 Å². The third-order valence-electron chi connectivity index (χ3n) is 3.43. The molecule has 1 fully saturated rings. The first kappa shape index (κ1) is 12.2. The fourth-order valence-corrected chi connectivity index (χ4v) is 3.31. The number of aromatic nitrogens is 1. The SMILES string of the molecule is N#Cc1ccc(-c2ncccc2N2CCCCC2)s1. The summed E-state index contributed by atoms with van der Waals surface area (Å²) in [5, 5.41) is 8.95. The zero-order valence-corrected chi connectivity index (χ0v) is 11.5. The summed E-state index contributed by atoms with van der Waals surface area (Å²) in [5.41, 5.74) is 2.21. The lowest BCUT2D eigenvalue weighted by Gasteiger charge is -2.29. The van der Waals surface area contributed by atoms with Gasteiger partial charge in [-0.25, -0.2) is 0 Å². The first-order valence-corrected chi connectivity index (χ1v) is 7.40. The molecular weight excluding hydrogens is 254 g/mol. The summed E-state index contributed by atoms with van der Waals surface area (Å²) >= 11 is 1.51. The molecule has 3 rings (SSSR count). The number of nitrogens with zero attached hydrogens (tertiary/aromatic N) is 3. The topological polar surface area (TPSA) is 39.9 Å². The van der Waals surface area contributed by atoms with E-state index < -0.39 is 0 Å². The van der Waals surface area contributed by atoms with E-state index in [2.05, 4.69) is 22.0 Å². The van der Waals surface area contributed by atoms with Gasteiger partial charge in [0, 0.05) is 19.3 Å². The van der Waals surface area contributed by atoms with Crippen LogP contribution in [0.3, 0.4) is 0 Å². The first-order chi connectivity index (χ1) is 9.38. The highest BCUT2D eigenvalue weighted by Crippen LogP contribution is 2.34. The van der Waals surface area contributed by atoms with Crippen molar-refractivity contribution in [2.24, 2.45) is 0 Å². The van der Waals surface area contributed by atoms with E-state index in [1.807, 2.05) is 24.4 Å². The number of piperidine rings is 1. The highest BCUT2D eigenvalue weighted by Gasteiger charge is 2.17. The summed E-state index contributed by atoms with van der Waals surface area (Å²) in [6, 6.07) is 10.2. The molecule has 1 aliphatic rings. The van der Waals surface area contributed by atoms with Crippen LogP contribution in [0, 0.1) is 11.3 Å². The van der Waals surface area contributed by atoms with Gasteiger partial charge in [0.1, 0.15) is 16.6 Å². The van der Waals surface area contributed by atoms with Crippen molar-refractivity contribution in [2.45, 2.75) is 19.3 Å². The van der Waals surface area contributed by atoms with Crippen molar-refractivity contribution in [3.63, 3.8) is 0 Å². The van der Waals surface area contributed by atoms with Crippen LogP contribution in [0.1, 0.15) is 24.1 Å². The summed E-state index contributed by atoms with van der Waals surface area (Å²) in [4.78, 5) is 8.77. The molecular formula is C15H15N3S. The molecule has 1 aliphatic heterocycles. The predicted octanol–water partition coefficient (Wildman–Crippen LogP) is 3.67. The second-order valence-electron chi connectivity index (χ2n) is 4.69. The van der Waals surface area contributed by atoms with Crippen molar-refractivity contribution < 1.29 is 0 Å². The van der Waals surface area contributed by atoms with E-state index in [9.17, 15) is 0 Å². The molecule has 0 unspecified atom stereocenters. The lowest BCUT2D eigenvalue weighted by atomic mass is 10.1. The largest absolute Gasteiger partial charge is 0.370 e. The third-order valence-corrected chi connectivity index (χ3v) is 4.43. The number of hydrogen-bond acceptors (Lipinski definition) is 4. The van der Waals surface area contributed by atoms with Crippen LogP contribution < -0.4 is 4.90 Å². The van der Waals surface area contributed by atoms with Crippen molar-refractivity contribution in [2.75, 3.05) is 18.0 Å². The number of nitriles is 1. The average molecular weight is 269 g/mol. The van der Waals surface area contributed by atoms with Crippen LogP contribution in [-0.2, 0) is 0 Å². The maximum atomic E-state index is 8.95. The Morgan fingerprint density at radius 1 is 1.16 bits per heavy atom. The summed E-state index contributed by atoms with van der Waals surface area (Å²) in [7, 11) is 0. The van der Waals surface area contributed by atoms with Crippen molar-refractivity contribution >= 4 is 17.0 Å². The second kappa shape index (κ2) is 5.41. The molecule has 96 valence electrons. The Balaban J connectivity index is 1.99. The van der Waals surface area contributed by atoms with Crippen molar-refractivity contribution in [3.8, 4) is 16.6 Å². The van der Waals surface area contributed by atoms with E-state index in [1.54, 1.807) is 0 Å². The predicted molar refractivity (Wildman–Crippen MR) is 78.3 cm³/mol. The number of hydrogen-bond donors (Lipinski definition) is 0. The molecule has 0 N–H and O–H groups in total. The molecule has 0 saturated carbocycles. The van der Waals surface area contributed by atoms with Crippen LogP contribution in [0.25, 0.3) is 10.6 Å². The molecule has 3 heterocycles. The normalized spacial score (nSPS) is 15.2. The molecule has 4 heteroatoms. The molecule has 1 saturated heterocycles. The number of anilines is 1. The van der Waals surface area contributed by atoms with E-state index in [4.69, 9.17) is 5.26 Å². The molecule has 0 spiro atoms. The van der Waals surface area contributed by atoms with Gasteiger partial charge in [-0.15, -0.1) is 11.3 Å². The average Bonchev–Trinajstić information content (AvgIpc) is 2.97. The number of rotatable bonds is 2.